The van der Waals surface area contributed by atoms with Gasteiger partial charge in [0, 0.05) is 67.9 Å². The predicted octanol–water partition coefficient (Wildman–Crippen LogP) is 4.03. The van der Waals surface area contributed by atoms with Gasteiger partial charge >= 0.3 is 0 Å². The second-order valence-corrected chi connectivity index (χ2v) is 10.7. The van der Waals surface area contributed by atoms with E-state index in [9.17, 15) is 4.79 Å². The van der Waals surface area contributed by atoms with Gasteiger partial charge in [0.2, 0.25) is 17.7 Å². The molecule has 1 aliphatic heterocycles. The minimum Gasteiger partial charge on any atom is -0.473 e. The fourth-order valence-corrected chi connectivity index (χ4v) is 5.25. The average molecular weight is 582 g/mol. The molecule has 1 saturated heterocycles. The molecule has 0 spiro atoms. The second kappa shape index (κ2) is 12.1. The minimum absolute atomic E-state index is 0.0382. The Labute approximate surface area is 249 Å². The largest absolute Gasteiger partial charge is 0.473 e. The average Bonchev–Trinajstić information content (AvgIpc) is 3.69. The summed E-state index contributed by atoms with van der Waals surface area (Å²) in [6.07, 6.45) is 5.98. The molecule has 1 atom stereocenters. The van der Waals surface area contributed by atoms with Crippen LogP contribution in [0.1, 0.15) is 24.6 Å². The Morgan fingerprint density at radius 2 is 2.05 bits per heavy atom. The molecule has 4 aromatic heterocycles. The Balaban J connectivity index is 1.12. The molecule has 13 nitrogen and oxygen atoms in total. The number of nitrogens with zero attached hydrogens (tertiary/aromatic N) is 7. The zero-order valence-corrected chi connectivity index (χ0v) is 24.7. The van der Waals surface area contributed by atoms with E-state index in [-0.39, 0.29) is 18.6 Å². The molecule has 0 bridgehead atoms. The van der Waals surface area contributed by atoms with Gasteiger partial charge in [-0.15, -0.1) is 0 Å². The number of aromatic amines is 1. The van der Waals surface area contributed by atoms with Gasteiger partial charge in [-0.1, -0.05) is 12.1 Å². The number of likely N-dealkylation sites (tertiary alicyclic amines) is 1. The highest BCUT2D eigenvalue weighted by atomic mass is 16.5. The van der Waals surface area contributed by atoms with Crippen LogP contribution in [0.5, 0.6) is 5.88 Å². The van der Waals surface area contributed by atoms with Crippen LogP contribution < -0.4 is 20.7 Å². The van der Waals surface area contributed by atoms with Crippen molar-refractivity contribution in [3.63, 3.8) is 0 Å². The third-order valence-electron chi connectivity index (χ3n) is 7.45. The van der Waals surface area contributed by atoms with Crippen LogP contribution in [-0.2, 0) is 11.8 Å². The Kier molecular flexibility index (Phi) is 7.88. The van der Waals surface area contributed by atoms with Crippen molar-refractivity contribution in [2.24, 2.45) is 7.05 Å². The molecule has 1 aromatic carbocycles. The molecular formula is C30H35N11O2. The standard InChI is InChI=1S/C30H35N11O2/c1-5-31-24-12-27(35-17-34-24)43-20-9-10-41(15-20)16-26(42)36-23-8-6-7-21-22(14-32-29(21)23)28-18(2)13-33-30(38-28)37-25-11-19(3)40(4)39-25/h6-8,11-14,17,20,32H,5,9-10,15-16H2,1-4H3,(H,36,42)(H,31,34,35)(H,33,37,38,39)/t20-/m0/s1. The molecule has 1 aliphatic rings. The van der Waals surface area contributed by atoms with Crippen molar-refractivity contribution >= 4 is 40.1 Å². The molecule has 5 aromatic rings. The summed E-state index contributed by atoms with van der Waals surface area (Å²) in [5, 5.41) is 14.8. The van der Waals surface area contributed by atoms with Crippen molar-refractivity contribution in [3.05, 3.63) is 60.3 Å². The van der Waals surface area contributed by atoms with Gasteiger partial charge in [-0.3, -0.25) is 14.4 Å². The van der Waals surface area contributed by atoms with E-state index in [1.807, 2.05) is 58.3 Å². The first-order valence-electron chi connectivity index (χ1n) is 14.3. The smallest absolute Gasteiger partial charge is 0.238 e. The molecule has 0 aliphatic carbocycles. The maximum Gasteiger partial charge on any atom is 0.238 e. The Morgan fingerprint density at radius 1 is 1.16 bits per heavy atom. The number of amides is 1. The van der Waals surface area contributed by atoms with Crippen LogP contribution >= 0.6 is 0 Å². The van der Waals surface area contributed by atoms with Crippen LogP contribution in [0.2, 0.25) is 0 Å². The fraction of sp³-hybridized carbons (Fsp3) is 0.333. The van der Waals surface area contributed by atoms with Gasteiger partial charge in [-0.25, -0.2) is 19.9 Å². The third-order valence-corrected chi connectivity index (χ3v) is 7.45. The molecule has 0 radical (unpaired) electrons. The number of rotatable bonds is 10. The first-order chi connectivity index (χ1) is 20.9. The quantitative estimate of drug-likeness (QED) is 0.190. The molecule has 0 unspecified atom stereocenters. The third kappa shape index (κ3) is 6.26. The molecule has 222 valence electrons. The SMILES string of the molecule is CCNc1cc(O[C@H]2CCN(CC(=O)Nc3cccc4c(-c5nc(Nc6cc(C)n(C)n6)ncc5C)c[nH]c34)C2)ncn1. The highest BCUT2D eigenvalue weighted by Crippen LogP contribution is 2.33. The van der Waals surface area contributed by atoms with Crippen LogP contribution in [0, 0.1) is 13.8 Å². The van der Waals surface area contributed by atoms with E-state index < -0.39 is 0 Å². The van der Waals surface area contributed by atoms with Crippen LogP contribution in [0.4, 0.5) is 23.3 Å². The van der Waals surface area contributed by atoms with Crippen molar-refractivity contribution < 1.29 is 9.53 Å². The lowest BCUT2D eigenvalue weighted by atomic mass is 10.1. The first kappa shape index (κ1) is 28.1. The molecule has 1 fully saturated rings. The van der Waals surface area contributed by atoms with E-state index in [0.29, 0.717) is 29.9 Å². The molecule has 1 amide bonds. The summed E-state index contributed by atoms with van der Waals surface area (Å²) in [7, 11) is 1.89. The number of carbonyl (C=O) groups excluding carboxylic acids is 1. The van der Waals surface area contributed by atoms with Gasteiger partial charge in [-0.05, 0) is 38.8 Å². The predicted molar refractivity (Wildman–Crippen MR) is 166 cm³/mol. The Hall–Kier alpha value is -5.04. The van der Waals surface area contributed by atoms with Crippen molar-refractivity contribution in [1.82, 2.24) is 39.6 Å². The number of aromatic nitrogens is 7. The van der Waals surface area contributed by atoms with Gasteiger partial charge in [-0.2, -0.15) is 5.10 Å². The first-order valence-corrected chi connectivity index (χ1v) is 14.3. The fourth-order valence-electron chi connectivity index (χ4n) is 5.25. The Bertz CT molecular complexity index is 1740. The molecule has 6 rings (SSSR count). The molecule has 13 heteroatoms. The van der Waals surface area contributed by atoms with Crippen molar-refractivity contribution in [1.29, 1.82) is 0 Å². The van der Waals surface area contributed by atoms with Crippen LogP contribution in [0.3, 0.4) is 0 Å². The van der Waals surface area contributed by atoms with Gasteiger partial charge in [0.1, 0.15) is 18.2 Å². The van der Waals surface area contributed by atoms with Gasteiger partial charge < -0.3 is 25.7 Å². The maximum absolute atomic E-state index is 13.1. The zero-order valence-electron chi connectivity index (χ0n) is 24.7. The minimum atomic E-state index is -0.0869. The summed E-state index contributed by atoms with van der Waals surface area (Å²) < 4.78 is 7.86. The lowest BCUT2D eigenvalue weighted by Gasteiger charge is -2.16. The number of carbonyl (C=O) groups is 1. The second-order valence-electron chi connectivity index (χ2n) is 10.7. The molecule has 43 heavy (non-hydrogen) atoms. The molecular weight excluding hydrogens is 546 g/mol. The highest BCUT2D eigenvalue weighted by Gasteiger charge is 2.26. The van der Waals surface area contributed by atoms with Crippen LogP contribution in [-0.4, -0.2) is 77.8 Å². The van der Waals surface area contributed by atoms with Crippen LogP contribution in [0.15, 0.2) is 49.1 Å². The monoisotopic (exact) mass is 581 g/mol. The number of hydrogen-bond acceptors (Lipinski definition) is 10. The lowest BCUT2D eigenvalue weighted by molar-refractivity contribution is -0.117. The zero-order chi connectivity index (χ0) is 29.9. The lowest BCUT2D eigenvalue weighted by Crippen LogP contribution is -2.33. The van der Waals surface area contributed by atoms with Gasteiger partial charge in [0.25, 0.3) is 0 Å². The highest BCUT2D eigenvalue weighted by molar-refractivity contribution is 6.06. The number of hydrogen-bond donors (Lipinski definition) is 4. The summed E-state index contributed by atoms with van der Waals surface area (Å²) in [6.45, 7) is 8.42. The van der Waals surface area contributed by atoms with Gasteiger partial charge in [0.15, 0.2) is 5.82 Å². The maximum atomic E-state index is 13.1. The van der Waals surface area contributed by atoms with Crippen LogP contribution in [0.25, 0.3) is 22.2 Å². The van der Waals surface area contributed by atoms with Crippen molar-refractivity contribution in [2.75, 3.05) is 42.1 Å². The van der Waals surface area contributed by atoms with E-state index in [4.69, 9.17) is 9.72 Å². The van der Waals surface area contributed by atoms with Gasteiger partial charge in [0.05, 0.1) is 23.4 Å². The number of anilines is 4. The van der Waals surface area contributed by atoms with E-state index in [2.05, 4.69) is 45.9 Å². The summed E-state index contributed by atoms with van der Waals surface area (Å²) in [5.74, 6) is 2.32. The normalized spacial score (nSPS) is 15.1. The van der Waals surface area contributed by atoms with Crippen molar-refractivity contribution in [2.45, 2.75) is 33.3 Å². The number of fused-ring (bicyclic) bond motifs is 1. The number of benzene rings is 1. The number of H-pyrrole nitrogens is 1. The number of nitrogens with one attached hydrogen (secondary N) is 4. The molecule has 4 N–H and O–H groups in total. The number of para-hydroxylation sites is 1. The van der Waals surface area contributed by atoms with E-state index in [0.717, 1.165) is 58.7 Å². The van der Waals surface area contributed by atoms with E-state index >= 15 is 0 Å². The summed E-state index contributed by atoms with van der Waals surface area (Å²) in [4.78, 5) is 36.2. The van der Waals surface area contributed by atoms with E-state index in [1.165, 1.54) is 6.33 Å². The van der Waals surface area contributed by atoms with Crippen molar-refractivity contribution in [3.8, 4) is 17.1 Å². The summed E-state index contributed by atoms with van der Waals surface area (Å²) in [5.41, 5.74) is 5.23. The van der Waals surface area contributed by atoms with E-state index in [1.54, 1.807) is 16.9 Å². The molecule has 0 saturated carbocycles. The number of ether oxygens (including phenoxy) is 1. The summed E-state index contributed by atoms with van der Waals surface area (Å²) in [6, 6.07) is 9.59. The molecule has 5 heterocycles. The topological polar surface area (TPSA) is 151 Å². The number of aryl methyl sites for hydroxylation is 3. The Morgan fingerprint density at radius 3 is 2.86 bits per heavy atom. The summed E-state index contributed by atoms with van der Waals surface area (Å²) >= 11 is 0.